The fraction of sp³-hybridized carbons (Fsp3) is 0.200. The van der Waals surface area contributed by atoms with E-state index in [0.29, 0.717) is 16.5 Å². The van der Waals surface area contributed by atoms with Crippen LogP contribution in [0.2, 0.25) is 5.02 Å². The molecule has 3 rings (SSSR count). The molecule has 0 radical (unpaired) electrons. The number of aliphatic hydroxyl groups is 1. The summed E-state index contributed by atoms with van der Waals surface area (Å²) in [5.41, 5.74) is 1.65. The number of para-hydroxylation sites is 1. The third-order valence-electron chi connectivity index (χ3n) is 3.24. The number of anilines is 1. The van der Waals surface area contributed by atoms with Crippen molar-refractivity contribution in [1.29, 1.82) is 0 Å². The van der Waals surface area contributed by atoms with Gasteiger partial charge in [0.2, 0.25) is 6.79 Å². The van der Waals surface area contributed by atoms with E-state index in [2.05, 4.69) is 21.2 Å². The van der Waals surface area contributed by atoms with Crippen molar-refractivity contribution < 1.29 is 14.6 Å². The summed E-state index contributed by atoms with van der Waals surface area (Å²) in [7, 11) is 0. The maximum Gasteiger partial charge on any atom is 0.231 e. The number of nitrogens with one attached hydrogen (secondary N) is 1. The first-order valence-electron chi connectivity index (χ1n) is 6.40. The highest BCUT2D eigenvalue weighted by molar-refractivity contribution is 9.10. The third-order valence-corrected chi connectivity index (χ3v) is 4.16. The second-order valence-electron chi connectivity index (χ2n) is 4.60. The smallest absolute Gasteiger partial charge is 0.231 e. The maximum absolute atomic E-state index is 9.68. The molecule has 1 aliphatic heterocycles. The van der Waals surface area contributed by atoms with Gasteiger partial charge in [0.25, 0.3) is 0 Å². The molecule has 6 heteroatoms. The van der Waals surface area contributed by atoms with Gasteiger partial charge in [0.05, 0.1) is 27.8 Å². The zero-order valence-corrected chi connectivity index (χ0v) is 13.3. The molecular formula is C15H13BrClNO3. The first-order valence-corrected chi connectivity index (χ1v) is 7.57. The summed E-state index contributed by atoms with van der Waals surface area (Å²) in [6, 6.07) is 10.9. The highest BCUT2D eigenvalue weighted by Gasteiger charge is 2.21. The van der Waals surface area contributed by atoms with Crippen LogP contribution in [-0.2, 0) is 0 Å². The van der Waals surface area contributed by atoms with Crippen molar-refractivity contribution >= 4 is 33.2 Å². The normalized spacial score (nSPS) is 14.0. The van der Waals surface area contributed by atoms with Crippen LogP contribution in [0.5, 0.6) is 11.5 Å². The Balaban J connectivity index is 1.90. The Hall–Kier alpha value is -1.43. The number of benzene rings is 2. The third kappa shape index (κ3) is 2.95. The summed E-state index contributed by atoms with van der Waals surface area (Å²) >= 11 is 9.59. The molecular weight excluding hydrogens is 358 g/mol. The first-order chi connectivity index (χ1) is 10.2. The number of hydrogen-bond donors (Lipinski definition) is 2. The van der Waals surface area contributed by atoms with Crippen molar-refractivity contribution in [2.24, 2.45) is 0 Å². The van der Waals surface area contributed by atoms with Gasteiger partial charge >= 0.3 is 0 Å². The minimum Gasteiger partial charge on any atom is -0.454 e. The lowest BCUT2D eigenvalue weighted by atomic mass is 10.1. The van der Waals surface area contributed by atoms with Crippen molar-refractivity contribution in [3.63, 3.8) is 0 Å². The Morgan fingerprint density at radius 2 is 2.10 bits per heavy atom. The summed E-state index contributed by atoms with van der Waals surface area (Å²) in [4.78, 5) is 0. The van der Waals surface area contributed by atoms with Crippen LogP contribution in [0.4, 0.5) is 5.69 Å². The number of ether oxygens (including phenoxy) is 2. The van der Waals surface area contributed by atoms with Crippen molar-refractivity contribution in [3.8, 4) is 11.5 Å². The van der Waals surface area contributed by atoms with Gasteiger partial charge in [0, 0.05) is 0 Å². The fourth-order valence-corrected chi connectivity index (χ4v) is 2.95. The van der Waals surface area contributed by atoms with Crippen LogP contribution < -0.4 is 14.8 Å². The zero-order chi connectivity index (χ0) is 14.8. The molecule has 0 amide bonds. The van der Waals surface area contributed by atoms with Gasteiger partial charge in [-0.25, -0.2) is 0 Å². The van der Waals surface area contributed by atoms with Crippen molar-refractivity contribution in [2.45, 2.75) is 6.04 Å². The van der Waals surface area contributed by atoms with Crippen molar-refractivity contribution in [1.82, 2.24) is 0 Å². The largest absolute Gasteiger partial charge is 0.454 e. The van der Waals surface area contributed by atoms with Gasteiger partial charge in [-0.1, -0.05) is 23.7 Å². The lowest BCUT2D eigenvalue weighted by Gasteiger charge is -2.19. The minimum atomic E-state index is -0.296. The Kier molecular flexibility index (Phi) is 4.24. The van der Waals surface area contributed by atoms with Crippen LogP contribution in [0.15, 0.2) is 40.9 Å². The summed E-state index contributed by atoms with van der Waals surface area (Å²) in [6.07, 6.45) is 0. The average Bonchev–Trinajstić information content (AvgIpc) is 2.95. The van der Waals surface area contributed by atoms with E-state index in [4.69, 9.17) is 21.1 Å². The summed E-state index contributed by atoms with van der Waals surface area (Å²) in [5, 5.41) is 13.5. The highest BCUT2D eigenvalue weighted by Crippen LogP contribution is 2.41. The van der Waals surface area contributed by atoms with E-state index < -0.39 is 0 Å². The summed E-state index contributed by atoms with van der Waals surface area (Å²) < 4.78 is 11.6. The Labute approximate surface area is 135 Å². The first kappa shape index (κ1) is 14.5. The van der Waals surface area contributed by atoms with E-state index >= 15 is 0 Å². The summed E-state index contributed by atoms with van der Waals surface area (Å²) in [6.45, 7) is 0.135. The monoisotopic (exact) mass is 369 g/mol. The standard InChI is InChI=1S/C15H13BrClNO3/c16-10-5-9(6-14-15(10)21-8-20-14)13(7-19)18-12-4-2-1-3-11(12)17/h1-6,13,18-19H,7-8H2. The molecule has 0 saturated carbocycles. The van der Waals surface area contributed by atoms with Crippen molar-refractivity contribution in [3.05, 3.63) is 51.5 Å². The van der Waals surface area contributed by atoms with E-state index in [0.717, 1.165) is 15.7 Å². The van der Waals surface area contributed by atoms with E-state index in [-0.39, 0.29) is 19.4 Å². The lowest BCUT2D eigenvalue weighted by molar-refractivity contribution is 0.173. The molecule has 21 heavy (non-hydrogen) atoms. The Morgan fingerprint density at radius 1 is 1.29 bits per heavy atom. The molecule has 0 spiro atoms. The second-order valence-corrected chi connectivity index (χ2v) is 5.86. The quantitative estimate of drug-likeness (QED) is 0.855. The molecule has 4 nitrogen and oxygen atoms in total. The van der Waals surface area contributed by atoms with Crippen LogP contribution in [0.3, 0.4) is 0 Å². The van der Waals surface area contributed by atoms with E-state index in [9.17, 15) is 5.11 Å². The van der Waals surface area contributed by atoms with Gasteiger partial charge in [-0.2, -0.15) is 0 Å². The molecule has 0 aromatic heterocycles. The molecule has 2 aromatic rings. The molecule has 0 fully saturated rings. The van der Waals surface area contributed by atoms with Gasteiger partial charge in [-0.3, -0.25) is 0 Å². The average molecular weight is 371 g/mol. The Bertz CT molecular complexity index is 665. The summed E-state index contributed by atoms with van der Waals surface area (Å²) in [5.74, 6) is 1.35. The fourth-order valence-electron chi connectivity index (χ4n) is 2.19. The lowest BCUT2D eigenvalue weighted by Crippen LogP contribution is -2.15. The Morgan fingerprint density at radius 3 is 2.86 bits per heavy atom. The minimum absolute atomic E-state index is 0.0721. The predicted molar refractivity (Wildman–Crippen MR) is 85.2 cm³/mol. The van der Waals surface area contributed by atoms with E-state index in [1.54, 1.807) is 6.07 Å². The molecule has 2 aromatic carbocycles. The van der Waals surface area contributed by atoms with Crippen LogP contribution in [0.25, 0.3) is 0 Å². The zero-order valence-electron chi connectivity index (χ0n) is 11.0. The second kappa shape index (κ2) is 6.13. The van der Waals surface area contributed by atoms with Crippen LogP contribution >= 0.6 is 27.5 Å². The molecule has 1 heterocycles. The van der Waals surface area contributed by atoms with Gasteiger partial charge in [-0.15, -0.1) is 0 Å². The predicted octanol–water partition coefficient (Wildman–Crippen LogP) is 3.98. The molecule has 1 atom stereocenters. The van der Waals surface area contributed by atoms with Crippen LogP contribution in [-0.4, -0.2) is 18.5 Å². The van der Waals surface area contributed by atoms with Gasteiger partial charge in [0.15, 0.2) is 11.5 Å². The number of hydrogen-bond acceptors (Lipinski definition) is 4. The molecule has 0 saturated heterocycles. The van der Waals surface area contributed by atoms with Gasteiger partial charge in [-0.05, 0) is 45.8 Å². The molecule has 1 unspecified atom stereocenters. The SMILES string of the molecule is OCC(Nc1ccccc1Cl)c1cc(Br)c2c(c1)OCO2. The van der Waals surface area contributed by atoms with Crippen LogP contribution in [0.1, 0.15) is 11.6 Å². The number of fused-ring (bicyclic) bond motifs is 1. The number of rotatable bonds is 4. The number of aliphatic hydroxyl groups excluding tert-OH is 1. The topological polar surface area (TPSA) is 50.7 Å². The molecule has 0 bridgehead atoms. The van der Waals surface area contributed by atoms with E-state index in [1.807, 2.05) is 30.3 Å². The van der Waals surface area contributed by atoms with Crippen molar-refractivity contribution in [2.75, 3.05) is 18.7 Å². The van der Waals surface area contributed by atoms with E-state index in [1.165, 1.54) is 0 Å². The van der Waals surface area contributed by atoms with Gasteiger partial charge < -0.3 is 19.9 Å². The molecule has 1 aliphatic rings. The highest BCUT2D eigenvalue weighted by atomic mass is 79.9. The molecule has 2 N–H and O–H groups in total. The number of halogens is 2. The van der Waals surface area contributed by atoms with Gasteiger partial charge in [0.1, 0.15) is 0 Å². The van der Waals surface area contributed by atoms with Crippen LogP contribution in [0, 0.1) is 0 Å². The molecule has 110 valence electrons. The molecule has 0 aliphatic carbocycles. The maximum atomic E-state index is 9.68.